The van der Waals surface area contributed by atoms with E-state index >= 15 is 0 Å². The van der Waals surface area contributed by atoms with Gasteiger partial charge in [0.25, 0.3) is 0 Å². The molecule has 102 valence electrons. The number of anilines is 1. The second-order valence-electron chi connectivity index (χ2n) is 4.82. The van der Waals surface area contributed by atoms with E-state index in [1.165, 1.54) is 4.70 Å². The van der Waals surface area contributed by atoms with E-state index < -0.39 is 5.41 Å². The van der Waals surface area contributed by atoms with Crippen LogP contribution in [0, 0.1) is 5.41 Å². The van der Waals surface area contributed by atoms with E-state index in [0.717, 1.165) is 23.9 Å². The molecule has 1 aromatic carbocycles. The van der Waals surface area contributed by atoms with Gasteiger partial charge in [-0.1, -0.05) is 13.8 Å². The molecule has 0 saturated heterocycles. The molecule has 1 heterocycles. The minimum atomic E-state index is -0.455. The number of benzene rings is 1. The van der Waals surface area contributed by atoms with Crippen LogP contribution in [0.2, 0.25) is 0 Å². The molecule has 0 aliphatic heterocycles. The molecule has 2 aromatic rings. The maximum absolute atomic E-state index is 12.4. The van der Waals surface area contributed by atoms with Gasteiger partial charge < -0.3 is 11.1 Å². The highest BCUT2D eigenvalue weighted by atomic mass is 32.1. The first-order valence-electron chi connectivity index (χ1n) is 6.64. The number of fused-ring (bicyclic) bond motifs is 1. The minimum Gasteiger partial charge on any atom is -0.329 e. The molecular weight excluding hydrogens is 256 g/mol. The number of nitrogens with two attached hydrogens (primary N) is 1. The van der Waals surface area contributed by atoms with Crippen molar-refractivity contribution in [1.82, 2.24) is 0 Å². The van der Waals surface area contributed by atoms with Crippen LogP contribution in [0.25, 0.3) is 10.1 Å². The van der Waals surface area contributed by atoms with Gasteiger partial charge in [0.05, 0.1) is 5.41 Å². The Kier molecular flexibility index (Phi) is 4.22. The number of amides is 1. The first kappa shape index (κ1) is 14.0. The monoisotopic (exact) mass is 276 g/mol. The van der Waals surface area contributed by atoms with Crippen molar-refractivity contribution < 1.29 is 4.79 Å². The number of hydrogen-bond acceptors (Lipinski definition) is 3. The normalized spacial score (nSPS) is 11.7. The summed E-state index contributed by atoms with van der Waals surface area (Å²) in [5.41, 5.74) is 6.19. The quantitative estimate of drug-likeness (QED) is 0.876. The van der Waals surface area contributed by atoms with Gasteiger partial charge in [-0.25, -0.2) is 0 Å². The fourth-order valence-corrected chi connectivity index (χ4v) is 3.03. The maximum atomic E-state index is 12.4. The summed E-state index contributed by atoms with van der Waals surface area (Å²) in [6.45, 7) is 4.41. The molecule has 0 fully saturated rings. The topological polar surface area (TPSA) is 55.1 Å². The first-order valence-corrected chi connectivity index (χ1v) is 7.52. The zero-order valence-electron chi connectivity index (χ0n) is 11.4. The minimum absolute atomic E-state index is 0.0228. The highest BCUT2D eigenvalue weighted by molar-refractivity contribution is 7.17. The van der Waals surface area contributed by atoms with Crippen molar-refractivity contribution in [2.75, 3.05) is 11.9 Å². The number of nitrogens with one attached hydrogen (secondary N) is 1. The van der Waals surface area contributed by atoms with Crippen LogP contribution >= 0.6 is 11.3 Å². The fourth-order valence-electron chi connectivity index (χ4n) is 2.26. The van der Waals surface area contributed by atoms with Crippen LogP contribution < -0.4 is 11.1 Å². The van der Waals surface area contributed by atoms with E-state index in [4.69, 9.17) is 5.73 Å². The van der Waals surface area contributed by atoms with Crippen molar-refractivity contribution in [2.45, 2.75) is 26.7 Å². The molecular formula is C15H20N2OS. The van der Waals surface area contributed by atoms with Gasteiger partial charge in [0, 0.05) is 16.9 Å². The summed E-state index contributed by atoms with van der Waals surface area (Å²) in [5, 5.41) is 6.22. The van der Waals surface area contributed by atoms with Gasteiger partial charge in [0.15, 0.2) is 0 Å². The Balaban J connectivity index is 2.21. The second-order valence-corrected chi connectivity index (χ2v) is 5.77. The third kappa shape index (κ3) is 2.65. The Hall–Kier alpha value is -1.39. The average Bonchev–Trinajstić information content (AvgIpc) is 2.89. The van der Waals surface area contributed by atoms with E-state index in [9.17, 15) is 4.79 Å². The van der Waals surface area contributed by atoms with Crippen LogP contribution in [0.15, 0.2) is 29.6 Å². The second kappa shape index (κ2) is 5.72. The van der Waals surface area contributed by atoms with Crippen LogP contribution in [0.3, 0.4) is 0 Å². The Morgan fingerprint density at radius 1 is 1.32 bits per heavy atom. The van der Waals surface area contributed by atoms with Crippen molar-refractivity contribution in [3.05, 3.63) is 29.6 Å². The van der Waals surface area contributed by atoms with Crippen LogP contribution in [0.5, 0.6) is 0 Å². The van der Waals surface area contributed by atoms with Crippen molar-refractivity contribution in [3.8, 4) is 0 Å². The van der Waals surface area contributed by atoms with Gasteiger partial charge in [0.2, 0.25) is 5.91 Å². The lowest BCUT2D eigenvalue weighted by Crippen LogP contribution is -2.41. The summed E-state index contributed by atoms with van der Waals surface area (Å²) in [7, 11) is 0. The fraction of sp³-hybridized carbons (Fsp3) is 0.400. The molecule has 1 aromatic heterocycles. The van der Waals surface area contributed by atoms with Gasteiger partial charge >= 0.3 is 0 Å². The van der Waals surface area contributed by atoms with Gasteiger partial charge in [-0.2, -0.15) is 0 Å². The molecule has 3 N–H and O–H groups in total. The summed E-state index contributed by atoms with van der Waals surface area (Å²) >= 11 is 1.70. The molecule has 0 aliphatic rings. The van der Waals surface area contributed by atoms with E-state index in [-0.39, 0.29) is 5.91 Å². The molecule has 0 bridgehead atoms. The van der Waals surface area contributed by atoms with Gasteiger partial charge in [-0.15, -0.1) is 11.3 Å². The number of carbonyl (C=O) groups is 1. The molecule has 0 radical (unpaired) electrons. The zero-order chi connectivity index (χ0) is 13.9. The Labute approximate surface area is 117 Å². The average molecular weight is 276 g/mol. The molecule has 2 rings (SSSR count). The first-order chi connectivity index (χ1) is 9.15. The lowest BCUT2D eigenvalue weighted by Gasteiger charge is -2.28. The lowest BCUT2D eigenvalue weighted by atomic mass is 9.81. The molecule has 19 heavy (non-hydrogen) atoms. The summed E-state index contributed by atoms with van der Waals surface area (Å²) in [6, 6.07) is 8.06. The maximum Gasteiger partial charge on any atom is 0.231 e. The predicted octanol–water partition coefficient (Wildman–Crippen LogP) is 3.60. The standard InChI is InChI=1S/C15H20N2OS/c1-3-15(4-2,10-16)14(18)17-12-5-6-13-11(9-12)7-8-19-13/h5-9H,3-4,10,16H2,1-2H3,(H,17,18). The summed E-state index contributed by atoms with van der Waals surface area (Å²) in [6.07, 6.45) is 1.51. The summed E-state index contributed by atoms with van der Waals surface area (Å²) < 4.78 is 1.23. The SMILES string of the molecule is CCC(CC)(CN)C(=O)Nc1ccc2sccc2c1. The Morgan fingerprint density at radius 2 is 2.05 bits per heavy atom. The lowest BCUT2D eigenvalue weighted by molar-refractivity contribution is -0.125. The van der Waals surface area contributed by atoms with Crippen molar-refractivity contribution in [3.63, 3.8) is 0 Å². The van der Waals surface area contributed by atoms with Gasteiger partial charge in [-0.05, 0) is 47.9 Å². The zero-order valence-corrected chi connectivity index (χ0v) is 12.2. The van der Waals surface area contributed by atoms with Crippen LogP contribution in [0.1, 0.15) is 26.7 Å². The number of rotatable bonds is 5. The van der Waals surface area contributed by atoms with Crippen molar-refractivity contribution in [2.24, 2.45) is 11.1 Å². The number of hydrogen-bond donors (Lipinski definition) is 2. The number of thiophene rings is 1. The van der Waals surface area contributed by atoms with Crippen LogP contribution in [-0.4, -0.2) is 12.5 Å². The van der Waals surface area contributed by atoms with Gasteiger partial charge in [-0.3, -0.25) is 4.79 Å². The smallest absolute Gasteiger partial charge is 0.231 e. The Morgan fingerprint density at radius 3 is 2.68 bits per heavy atom. The van der Waals surface area contributed by atoms with E-state index in [0.29, 0.717) is 6.54 Å². The molecule has 0 aliphatic carbocycles. The summed E-state index contributed by atoms with van der Waals surface area (Å²) in [4.78, 5) is 12.4. The van der Waals surface area contributed by atoms with Crippen molar-refractivity contribution >= 4 is 33.0 Å². The predicted molar refractivity (Wildman–Crippen MR) is 82.5 cm³/mol. The van der Waals surface area contributed by atoms with E-state index in [1.807, 2.05) is 32.0 Å². The molecule has 0 unspecified atom stereocenters. The van der Waals surface area contributed by atoms with Crippen LogP contribution in [0.4, 0.5) is 5.69 Å². The van der Waals surface area contributed by atoms with E-state index in [2.05, 4.69) is 16.8 Å². The van der Waals surface area contributed by atoms with E-state index in [1.54, 1.807) is 11.3 Å². The third-order valence-electron chi connectivity index (χ3n) is 3.94. The van der Waals surface area contributed by atoms with Crippen molar-refractivity contribution in [1.29, 1.82) is 0 Å². The molecule has 4 heteroatoms. The molecule has 0 atom stereocenters. The summed E-state index contributed by atoms with van der Waals surface area (Å²) in [5.74, 6) is 0.0228. The third-order valence-corrected chi connectivity index (χ3v) is 4.83. The highest BCUT2D eigenvalue weighted by Crippen LogP contribution is 2.29. The number of carbonyl (C=O) groups excluding carboxylic acids is 1. The highest BCUT2D eigenvalue weighted by Gasteiger charge is 2.33. The molecule has 1 amide bonds. The largest absolute Gasteiger partial charge is 0.329 e. The van der Waals surface area contributed by atoms with Crippen LogP contribution in [-0.2, 0) is 4.79 Å². The molecule has 0 spiro atoms. The molecule has 0 saturated carbocycles. The molecule has 3 nitrogen and oxygen atoms in total. The Bertz CT molecular complexity index is 564. The van der Waals surface area contributed by atoms with Gasteiger partial charge in [0.1, 0.15) is 0 Å².